The van der Waals surface area contributed by atoms with E-state index in [0.29, 0.717) is 6.07 Å². The molecule has 0 saturated heterocycles. The predicted octanol–water partition coefficient (Wildman–Crippen LogP) is 3.56. The topological polar surface area (TPSA) is 159 Å². The maximum atomic E-state index is 11.2. The van der Waals surface area contributed by atoms with Crippen molar-refractivity contribution in [2.75, 3.05) is 0 Å². The highest BCUT2D eigenvalue weighted by atomic mass is 35.5. The van der Waals surface area contributed by atoms with Crippen molar-refractivity contribution in [2.24, 2.45) is 0 Å². The third kappa shape index (κ3) is 3.01. The zero-order valence-corrected chi connectivity index (χ0v) is 12.2. The summed E-state index contributed by atoms with van der Waals surface area (Å²) in [5, 5.41) is 41.9. The van der Waals surface area contributed by atoms with Gasteiger partial charge in [-0.3, -0.25) is 30.3 Å². The lowest BCUT2D eigenvalue weighted by atomic mass is 10.2. The summed E-state index contributed by atoms with van der Waals surface area (Å²) in [6, 6.07) is 5.65. The molecule has 124 valence electrons. The molecule has 24 heavy (non-hydrogen) atoms. The standard InChI is InChI=1S/C12H6ClN3O8/c13-10-6(14(18)19)5-7(15(20)21)12(11(10)16(22)23)24-9-4-2-1-3-8(9)17/h1-5,17H. The highest BCUT2D eigenvalue weighted by Gasteiger charge is 2.38. The summed E-state index contributed by atoms with van der Waals surface area (Å²) in [5.74, 6) is -1.70. The monoisotopic (exact) mass is 355 g/mol. The molecule has 11 nitrogen and oxygen atoms in total. The molecule has 0 unspecified atom stereocenters. The van der Waals surface area contributed by atoms with Crippen LogP contribution < -0.4 is 4.74 Å². The van der Waals surface area contributed by atoms with Gasteiger partial charge in [0.1, 0.15) is 0 Å². The van der Waals surface area contributed by atoms with Gasteiger partial charge in [-0.05, 0) is 12.1 Å². The van der Waals surface area contributed by atoms with Gasteiger partial charge in [0.15, 0.2) is 11.5 Å². The molecule has 2 aromatic rings. The Bertz CT molecular complexity index is 870. The largest absolute Gasteiger partial charge is 0.504 e. The van der Waals surface area contributed by atoms with Crippen LogP contribution in [0, 0.1) is 30.3 Å². The van der Waals surface area contributed by atoms with Crippen molar-refractivity contribution in [1.29, 1.82) is 0 Å². The van der Waals surface area contributed by atoms with Crippen LogP contribution in [-0.2, 0) is 0 Å². The first-order valence-electron chi connectivity index (χ1n) is 5.99. The maximum Gasteiger partial charge on any atom is 0.344 e. The molecule has 0 radical (unpaired) electrons. The first-order valence-corrected chi connectivity index (χ1v) is 6.37. The lowest BCUT2D eigenvalue weighted by molar-refractivity contribution is -0.404. The van der Waals surface area contributed by atoms with Gasteiger partial charge in [-0.1, -0.05) is 23.7 Å². The summed E-state index contributed by atoms with van der Waals surface area (Å²) < 4.78 is 5.07. The van der Waals surface area contributed by atoms with Crippen LogP contribution >= 0.6 is 11.6 Å². The van der Waals surface area contributed by atoms with E-state index in [1.54, 1.807) is 0 Å². The van der Waals surface area contributed by atoms with E-state index in [9.17, 15) is 35.4 Å². The Morgan fingerprint density at radius 2 is 1.54 bits per heavy atom. The maximum absolute atomic E-state index is 11.2. The molecule has 0 aliphatic carbocycles. The number of rotatable bonds is 5. The summed E-state index contributed by atoms with van der Waals surface area (Å²) in [6.07, 6.45) is 0. The van der Waals surface area contributed by atoms with Crippen molar-refractivity contribution < 1.29 is 24.6 Å². The van der Waals surface area contributed by atoms with Crippen molar-refractivity contribution >= 4 is 28.7 Å². The molecule has 0 aliphatic heterocycles. The molecule has 0 amide bonds. The number of nitro groups is 3. The van der Waals surface area contributed by atoms with E-state index in [4.69, 9.17) is 16.3 Å². The number of hydrogen-bond donors (Lipinski definition) is 1. The summed E-state index contributed by atoms with van der Waals surface area (Å²) in [4.78, 5) is 29.9. The first kappa shape index (κ1) is 16.9. The number of benzene rings is 2. The van der Waals surface area contributed by atoms with E-state index in [0.717, 1.165) is 0 Å². The Hall–Kier alpha value is -3.47. The van der Waals surface area contributed by atoms with Gasteiger partial charge in [0, 0.05) is 0 Å². The van der Waals surface area contributed by atoms with Crippen LogP contribution in [0.4, 0.5) is 17.1 Å². The Morgan fingerprint density at radius 3 is 2.04 bits per heavy atom. The summed E-state index contributed by atoms with van der Waals surface area (Å²) in [7, 11) is 0. The molecule has 0 bridgehead atoms. The molecule has 0 atom stereocenters. The number of halogens is 1. The Kier molecular flexibility index (Phi) is 4.46. The second-order valence-electron chi connectivity index (χ2n) is 4.25. The van der Waals surface area contributed by atoms with Gasteiger partial charge in [0.2, 0.25) is 5.02 Å². The number of aromatic hydroxyl groups is 1. The van der Waals surface area contributed by atoms with E-state index >= 15 is 0 Å². The van der Waals surface area contributed by atoms with Crippen molar-refractivity contribution in [1.82, 2.24) is 0 Å². The molecular formula is C12H6ClN3O8. The fraction of sp³-hybridized carbons (Fsp3) is 0. The average molecular weight is 356 g/mol. The molecule has 0 heterocycles. The lowest BCUT2D eigenvalue weighted by Crippen LogP contribution is -2.02. The highest BCUT2D eigenvalue weighted by Crippen LogP contribution is 2.49. The fourth-order valence-corrected chi connectivity index (χ4v) is 2.06. The van der Waals surface area contributed by atoms with Crippen molar-refractivity contribution in [3.63, 3.8) is 0 Å². The summed E-state index contributed by atoms with van der Waals surface area (Å²) in [5.41, 5.74) is -3.21. The SMILES string of the molecule is O=[N+]([O-])c1cc([N+](=O)[O-])c(Oc2ccccc2O)c([N+](=O)[O-])c1Cl. The van der Waals surface area contributed by atoms with Gasteiger partial charge < -0.3 is 9.84 Å². The Labute approximate surface area is 137 Å². The molecule has 2 rings (SSSR count). The second kappa shape index (κ2) is 6.34. The number of para-hydroxylation sites is 2. The smallest absolute Gasteiger partial charge is 0.344 e. The number of ether oxygens (including phenoxy) is 1. The molecule has 2 aromatic carbocycles. The predicted molar refractivity (Wildman–Crippen MR) is 79.6 cm³/mol. The van der Waals surface area contributed by atoms with Crippen LogP contribution in [0.3, 0.4) is 0 Å². The van der Waals surface area contributed by atoms with Crippen LogP contribution in [-0.4, -0.2) is 19.9 Å². The van der Waals surface area contributed by atoms with Crippen molar-refractivity contribution in [2.45, 2.75) is 0 Å². The molecule has 1 N–H and O–H groups in total. The van der Waals surface area contributed by atoms with Gasteiger partial charge in [-0.2, -0.15) is 0 Å². The van der Waals surface area contributed by atoms with E-state index in [-0.39, 0.29) is 5.75 Å². The van der Waals surface area contributed by atoms with Crippen LogP contribution in [0.2, 0.25) is 5.02 Å². The van der Waals surface area contributed by atoms with Gasteiger partial charge in [0.05, 0.1) is 20.8 Å². The molecule has 12 heteroatoms. The van der Waals surface area contributed by atoms with Crippen molar-refractivity contribution in [3.8, 4) is 17.2 Å². The third-order valence-electron chi connectivity index (χ3n) is 2.81. The minimum Gasteiger partial charge on any atom is -0.504 e. The second-order valence-corrected chi connectivity index (χ2v) is 4.63. The molecular weight excluding hydrogens is 350 g/mol. The first-order chi connectivity index (χ1) is 11.2. The molecule has 0 spiro atoms. The van der Waals surface area contributed by atoms with Gasteiger partial charge in [-0.25, -0.2) is 0 Å². The molecule has 0 fully saturated rings. The van der Waals surface area contributed by atoms with Gasteiger partial charge in [0.25, 0.3) is 5.75 Å². The molecule has 0 aliphatic rings. The van der Waals surface area contributed by atoms with Crippen molar-refractivity contribution in [3.05, 3.63) is 65.7 Å². The average Bonchev–Trinajstić information content (AvgIpc) is 2.48. The van der Waals surface area contributed by atoms with Crippen LogP contribution in [0.1, 0.15) is 0 Å². The zero-order chi connectivity index (χ0) is 18.0. The third-order valence-corrected chi connectivity index (χ3v) is 3.18. The van der Waals surface area contributed by atoms with E-state index in [2.05, 4.69) is 0 Å². The Morgan fingerprint density at radius 1 is 0.958 bits per heavy atom. The molecule has 0 saturated carbocycles. The zero-order valence-electron chi connectivity index (χ0n) is 11.4. The number of nitro benzene ring substituents is 3. The fourth-order valence-electron chi connectivity index (χ4n) is 1.79. The number of phenols is 1. The van der Waals surface area contributed by atoms with Crippen LogP contribution in [0.25, 0.3) is 0 Å². The normalized spacial score (nSPS) is 10.2. The van der Waals surface area contributed by atoms with Gasteiger partial charge >= 0.3 is 17.1 Å². The van der Waals surface area contributed by atoms with E-state index in [1.807, 2.05) is 0 Å². The van der Waals surface area contributed by atoms with Gasteiger partial charge in [-0.15, -0.1) is 0 Å². The number of nitrogens with zero attached hydrogens (tertiary/aromatic N) is 3. The van der Waals surface area contributed by atoms with E-state index < -0.39 is 48.4 Å². The summed E-state index contributed by atoms with van der Waals surface area (Å²) in [6.45, 7) is 0. The van der Waals surface area contributed by atoms with Crippen LogP contribution in [0.5, 0.6) is 17.2 Å². The summed E-state index contributed by atoms with van der Waals surface area (Å²) >= 11 is 5.64. The van der Waals surface area contributed by atoms with Crippen LogP contribution in [0.15, 0.2) is 30.3 Å². The number of hydrogen-bond acceptors (Lipinski definition) is 8. The molecule has 0 aromatic heterocycles. The lowest BCUT2D eigenvalue weighted by Gasteiger charge is -2.09. The highest BCUT2D eigenvalue weighted by molar-refractivity contribution is 6.35. The quantitative estimate of drug-likeness (QED) is 0.629. The van der Waals surface area contributed by atoms with E-state index in [1.165, 1.54) is 24.3 Å². The Balaban J connectivity index is 2.79. The number of phenolic OH excluding ortho intramolecular Hbond substituents is 1. The minimum absolute atomic E-state index is 0.325. The minimum atomic E-state index is -1.15.